The van der Waals surface area contributed by atoms with Gasteiger partial charge >= 0.3 is 0 Å². The maximum absolute atomic E-state index is 9.77. The van der Waals surface area contributed by atoms with Crippen molar-refractivity contribution in [3.05, 3.63) is 48.0 Å². The third kappa shape index (κ3) is 1.28. The molecule has 0 radical (unpaired) electrons. The van der Waals surface area contributed by atoms with Crippen molar-refractivity contribution >= 4 is 0 Å². The number of rotatable bonds is 2. The monoisotopic (exact) mass is 160 g/mol. The molecule has 0 saturated heterocycles. The molecule has 0 aliphatic heterocycles. The molecule has 1 aromatic rings. The molecule has 0 heterocycles. The van der Waals surface area contributed by atoms with Gasteiger partial charge in [0.2, 0.25) is 0 Å². The molecule has 0 aromatic heterocycles. The van der Waals surface area contributed by atoms with E-state index in [4.69, 9.17) is 0 Å². The maximum Gasteiger partial charge on any atom is 0.0858 e. The summed E-state index contributed by atoms with van der Waals surface area (Å²) in [6, 6.07) is 9.76. The fourth-order valence-electron chi connectivity index (χ4n) is 1.44. The smallest absolute Gasteiger partial charge is 0.0858 e. The first kappa shape index (κ1) is 7.56. The van der Waals surface area contributed by atoms with Gasteiger partial charge in [-0.1, -0.05) is 42.5 Å². The van der Waals surface area contributed by atoms with Gasteiger partial charge in [0.1, 0.15) is 0 Å². The van der Waals surface area contributed by atoms with Gasteiger partial charge in [-0.15, -0.1) is 0 Å². The Kier molecular flexibility index (Phi) is 1.74. The van der Waals surface area contributed by atoms with Gasteiger partial charge in [-0.2, -0.15) is 0 Å². The van der Waals surface area contributed by atoms with E-state index in [1.165, 1.54) is 5.57 Å². The van der Waals surface area contributed by atoms with E-state index < -0.39 is 0 Å². The van der Waals surface area contributed by atoms with E-state index in [1.807, 2.05) is 30.3 Å². The highest BCUT2D eigenvalue weighted by molar-refractivity contribution is 5.28. The van der Waals surface area contributed by atoms with E-state index >= 15 is 0 Å². The van der Waals surface area contributed by atoms with Crippen LogP contribution in [0.4, 0.5) is 0 Å². The van der Waals surface area contributed by atoms with E-state index in [9.17, 15) is 5.11 Å². The largest absolute Gasteiger partial charge is 0.388 e. The van der Waals surface area contributed by atoms with Gasteiger partial charge < -0.3 is 5.11 Å². The number of hydrogen-bond acceptors (Lipinski definition) is 1. The molecule has 2 rings (SSSR count). The summed E-state index contributed by atoms with van der Waals surface area (Å²) in [7, 11) is 0. The normalized spacial score (nSPS) is 23.8. The fraction of sp³-hybridized carbons (Fsp3) is 0.273. The Morgan fingerprint density at radius 1 is 1.33 bits per heavy atom. The molecule has 1 nitrogen and oxygen atoms in total. The van der Waals surface area contributed by atoms with E-state index in [0.29, 0.717) is 5.92 Å². The first-order chi connectivity index (χ1) is 5.79. The Morgan fingerprint density at radius 3 is 2.42 bits per heavy atom. The molecule has 1 aromatic carbocycles. The Bertz CT molecular complexity index is 289. The number of benzene rings is 1. The maximum atomic E-state index is 9.77. The Morgan fingerprint density at radius 2 is 1.92 bits per heavy atom. The molecule has 1 aliphatic rings. The SMILES string of the molecule is C=C1C[C@H]1[C@H](O)c1ccccc1. The van der Waals surface area contributed by atoms with Crippen LogP contribution in [0.15, 0.2) is 42.5 Å². The molecule has 1 heteroatoms. The summed E-state index contributed by atoms with van der Waals surface area (Å²) in [5, 5.41) is 9.77. The first-order valence-electron chi connectivity index (χ1n) is 4.19. The van der Waals surface area contributed by atoms with Gasteiger partial charge in [0.25, 0.3) is 0 Å². The summed E-state index contributed by atoms with van der Waals surface area (Å²) in [5.41, 5.74) is 2.17. The number of aliphatic hydroxyl groups is 1. The van der Waals surface area contributed by atoms with Crippen molar-refractivity contribution in [2.45, 2.75) is 12.5 Å². The van der Waals surface area contributed by atoms with Gasteiger partial charge in [-0.3, -0.25) is 0 Å². The summed E-state index contributed by atoms with van der Waals surface area (Å²) in [6.07, 6.45) is 0.648. The average Bonchev–Trinajstić information content (AvgIpc) is 2.83. The molecule has 1 fully saturated rings. The highest BCUT2D eigenvalue weighted by Gasteiger charge is 2.34. The molecule has 0 bridgehead atoms. The van der Waals surface area contributed by atoms with Crippen LogP contribution in [0, 0.1) is 5.92 Å². The lowest BCUT2D eigenvalue weighted by molar-refractivity contribution is 0.158. The molecular weight excluding hydrogens is 148 g/mol. The molecular formula is C11H12O. The van der Waals surface area contributed by atoms with Gasteiger partial charge in [0.15, 0.2) is 0 Å². The second kappa shape index (κ2) is 2.76. The summed E-state index contributed by atoms with van der Waals surface area (Å²) in [6.45, 7) is 3.83. The lowest BCUT2D eigenvalue weighted by Crippen LogP contribution is -1.98. The lowest BCUT2D eigenvalue weighted by Gasteiger charge is -2.07. The molecule has 2 atom stereocenters. The van der Waals surface area contributed by atoms with Gasteiger partial charge in [0, 0.05) is 5.92 Å². The van der Waals surface area contributed by atoms with Crippen molar-refractivity contribution in [3.63, 3.8) is 0 Å². The van der Waals surface area contributed by atoms with Gasteiger partial charge in [-0.25, -0.2) is 0 Å². The molecule has 0 spiro atoms. The van der Waals surface area contributed by atoms with Crippen LogP contribution in [0.3, 0.4) is 0 Å². The summed E-state index contributed by atoms with van der Waals surface area (Å²) in [5.74, 6) is 0.312. The zero-order valence-corrected chi connectivity index (χ0v) is 6.90. The summed E-state index contributed by atoms with van der Waals surface area (Å²) >= 11 is 0. The predicted molar refractivity (Wildman–Crippen MR) is 48.6 cm³/mol. The standard InChI is InChI=1S/C11H12O/c1-8-7-10(8)11(12)9-5-3-2-4-6-9/h2-6,10-12H,1,7H2/t10-,11-/m1/s1. The molecule has 62 valence electrons. The molecule has 0 amide bonds. The van der Waals surface area contributed by atoms with Gasteiger partial charge in [-0.05, 0) is 12.0 Å². The highest BCUT2D eigenvalue weighted by atomic mass is 16.3. The molecule has 1 saturated carbocycles. The summed E-state index contributed by atoms with van der Waals surface area (Å²) < 4.78 is 0. The van der Waals surface area contributed by atoms with Crippen LogP contribution in [-0.2, 0) is 0 Å². The third-order valence-corrected chi connectivity index (χ3v) is 2.37. The lowest BCUT2D eigenvalue weighted by atomic mass is 10.1. The van der Waals surface area contributed by atoms with E-state index in [0.717, 1.165) is 12.0 Å². The zero-order chi connectivity index (χ0) is 8.55. The van der Waals surface area contributed by atoms with Crippen LogP contribution in [0.2, 0.25) is 0 Å². The molecule has 0 unspecified atom stereocenters. The first-order valence-corrected chi connectivity index (χ1v) is 4.19. The quantitative estimate of drug-likeness (QED) is 0.658. The van der Waals surface area contributed by atoms with E-state index in [-0.39, 0.29) is 6.10 Å². The van der Waals surface area contributed by atoms with Crippen LogP contribution in [0.5, 0.6) is 0 Å². The third-order valence-electron chi connectivity index (χ3n) is 2.37. The van der Waals surface area contributed by atoms with Crippen molar-refractivity contribution < 1.29 is 5.11 Å². The summed E-state index contributed by atoms with van der Waals surface area (Å²) in [4.78, 5) is 0. The number of hydrogen-bond donors (Lipinski definition) is 1. The minimum atomic E-state index is -0.335. The van der Waals surface area contributed by atoms with Gasteiger partial charge in [0.05, 0.1) is 6.10 Å². The molecule has 1 N–H and O–H groups in total. The number of aliphatic hydroxyl groups excluding tert-OH is 1. The van der Waals surface area contributed by atoms with Crippen LogP contribution < -0.4 is 0 Å². The predicted octanol–water partition coefficient (Wildman–Crippen LogP) is 2.30. The average molecular weight is 160 g/mol. The minimum Gasteiger partial charge on any atom is -0.388 e. The Labute approximate surface area is 72.4 Å². The van der Waals surface area contributed by atoms with Crippen molar-refractivity contribution in [1.29, 1.82) is 0 Å². The molecule has 12 heavy (non-hydrogen) atoms. The van der Waals surface area contributed by atoms with Crippen LogP contribution in [0.1, 0.15) is 18.1 Å². The second-order valence-corrected chi connectivity index (χ2v) is 3.32. The van der Waals surface area contributed by atoms with Crippen molar-refractivity contribution in [2.24, 2.45) is 5.92 Å². The van der Waals surface area contributed by atoms with Crippen molar-refractivity contribution in [1.82, 2.24) is 0 Å². The minimum absolute atomic E-state index is 0.312. The van der Waals surface area contributed by atoms with Crippen LogP contribution in [0.25, 0.3) is 0 Å². The van der Waals surface area contributed by atoms with E-state index in [2.05, 4.69) is 6.58 Å². The van der Waals surface area contributed by atoms with Crippen LogP contribution in [-0.4, -0.2) is 5.11 Å². The Balaban J connectivity index is 2.15. The second-order valence-electron chi connectivity index (χ2n) is 3.32. The fourth-order valence-corrected chi connectivity index (χ4v) is 1.44. The van der Waals surface area contributed by atoms with E-state index in [1.54, 1.807) is 0 Å². The topological polar surface area (TPSA) is 20.2 Å². The highest BCUT2D eigenvalue weighted by Crippen LogP contribution is 2.45. The van der Waals surface area contributed by atoms with Crippen molar-refractivity contribution in [3.8, 4) is 0 Å². The Hall–Kier alpha value is -1.08. The molecule has 1 aliphatic carbocycles. The van der Waals surface area contributed by atoms with Crippen LogP contribution >= 0.6 is 0 Å². The zero-order valence-electron chi connectivity index (χ0n) is 6.90. The van der Waals surface area contributed by atoms with Crippen molar-refractivity contribution in [2.75, 3.05) is 0 Å².